The van der Waals surface area contributed by atoms with E-state index in [1.54, 1.807) is 19.3 Å². The molecule has 1 aliphatic rings. The van der Waals surface area contributed by atoms with Gasteiger partial charge >= 0.3 is 5.69 Å². The van der Waals surface area contributed by atoms with Crippen LogP contribution in [-0.4, -0.2) is 15.5 Å². The van der Waals surface area contributed by atoms with E-state index in [4.69, 9.17) is 0 Å². The Hall–Kier alpha value is -1.65. The highest BCUT2D eigenvalue weighted by Gasteiger charge is 2.21. The number of hydrogen-bond acceptors (Lipinski definition) is 3. The van der Waals surface area contributed by atoms with Crippen molar-refractivity contribution in [1.82, 2.24) is 9.55 Å². The Labute approximate surface area is 99.9 Å². The van der Waals surface area contributed by atoms with Crippen LogP contribution < -0.4 is 11.0 Å². The smallest absolute Gasteiger partial charge is 0.310 e. The van der Waals surface area contributed by atoms with E-state index in [0.717, 1.165) is 25.7 Å². The van der Waals surface area contributed by atoms with Crippen molar-refractivity contribution in [3.8, 4) is 0 Å². The maximum absolute atomic E-state index is 11.9. The van der Waals surface area contributed by atoms with Gasteiger partial charge in [-0.1, -0.05) is 19.3 Å². The monoisotopic (exact) mass is 235 g/mol. The van der Waals surface area contributed by atoms with Gasteiger partial charge in [0, 0.05) is 19.2 Å². The lowest BCUT2D eigenvalue weighted by Gasteiger charge is -2.20. The van der Waals surface area contributed by atoms with Crippen LogP contribution in [0.2, 0.25) is 0 Å². The summed E-state index contributed by atoms with van der Waals surface area (Å²) in [5.41, 5.74) is -0.355. The summed E-state index contributed by atoms with van der Waals surface area (Å²) in [6, 6.07) is 1.64. The Balaban J connectivity index is 2.02. The van der Waals surface area contributed by atoms with Gasteiger partial charge in [0.25, 0.3) is 0 Å². The minimum Gasteiger partial charge on any atom is -0.310 e. The van der Waals surface area contributed by atoms with Gasteiger partial charge in [0.05, 0.1) is 0 Å². The first-order chi connectivity index (χ1) is 8.16. The molecule has 5 heteroatoms. The number of carbonyl (C=O) groups excluding carboxylic acids is 1. The molecule has 1 heterocycles. The molecule has 1 amide bonds. The molecule has 1 N–H and O–H groups in total. The van der Waals surface area contributed by atoms with Crippen LogP contribution in [0.5, 0.6) is 0 Å². The van der Waals surface area contributed by atoms with Crippen molar-refractivity contribution in [2.24, 2.45) is 13.0 Å². The van der Waals surface area contributed by atoms with Crippen LogP contribution in [0, 0.1) is 5.92 Å². The van der Waals surface area contributed by atoms with E-state index in [9.17, 15) is 9.59 Å². The number of carbonyl (C=O) groups is 1. The number of aryl methyl sites for hydroxylation is 1. The standard InChI is InChI=1S/C12H17N3O2/c1-15-8-7-10(14-12(15)17)13-11(16)9-5-3-2-4-6-9/h7-9H,2-6H2,1H3,(H,13,14,16,17). The number of nitrogens with one attached hydrogen (secondary N) is 1. The second kappa shape index (κ2) is 5.12. The summed E-state index contributed by atoms with van der Waals surface area (Å²) in [4.78, 5) is 27.0. The van der Waals surface area contributed by atoms with Gasteiger partial charge in [-0.25, -0.2) is 4.79 Å². The highest BCUT2D eigenvalue weighted by Crippen LogP contribution is 2.24. The molecule has 1 fully saturated rings. The molecule has 17 heavy (non-hydrogen) atoms. The fraction of sp³-hybridized carbons (Fsp3) is 0.583. The van der Waals surface area contributed by atoms with Gasteiger partial charge in [-0.15, -0.1) is 0 Å². The molecule has 1 aliphatic carbocycles. The van der Waals surface area contributed by atoms with E-state index in [1.807, 2.05) is 0 Å². The van der Waals surface area contributed by atoms with Gasteiger partial charge < -0.3 is 9.88 Å². The molecule has 1 aromatic rings. The van der Waals surface area contributed by atoms with Crippen LogP contribution in [-0.2, 0) is 11.8 Å². The molecule has 0 atom stereocenters. The summed E-state index contributed by atoms with van der Waals surface area (Å²) in [5, 5.41) is 2.72. The Bertz CT molecular complexity index is 461. The first kappa shape index (κ1) is 11.8. The average Bonchev–Trinajstić information content (AvgIpc) is 2.35. The third-order valence-electron chi connectivity index (χ3n) is 3.20. The Morgan fingerprint density at radius 3 is 2.76 bits per heavy atom. The quantitative estimate of drug-likeness (QED) is 0.840. The van der Waals surface area contributed by atoms with E-state index >= 15 is 0 Å². The lowest BCUT2D eigenvalue weighted by molar-refractivity contribution is -0.120. The van der Waals surface area contributed by atoms with Crippen molar-refractivity contribution in [3.05, 3.63) is 22.7 Å². The molecule has 0 radical (unpaired) electrons. The highest BCUT2D eigenvalue weighted by atomic mass is 16.2. The first-order valence-electron chi connectivity index (χ1n) is 6.01. The van der Waals surface area contributed by atoms with Crippen molar-refractivity contribution in [2.75, 3.05) is 5.32 Å². The number of nitrogens with zero attached hydrogens (tertiary/aromatic N) is 2. The molecule has 0 bridgehead atoms. The van der Waals surface area contributed by atoms with E-state index in [1.165, 1.54) is 11.0 Å². The second-order valence-corrected chi connectivity index (χ2v) is 4.53. The summed E-state index contributed by atoms with van der Waals surface area (Å²) in [5.74, 6) is 0.420. The third-order valence-corrected chi connectivity index (χ3v) is 3.20. The molecule has 5 nitrogen and oxygen atoms in total. The molecule has 0 saturated heterocycles. The van der Waals surface area contributed by atoms with E-state index < -0.39 is 0 Å². The zero-order valence-corrected chi connectivity index (χ0v) is 9.98. The van der Waals surface area contributed by atoms with E-state index in [0.29, 0.717) is 5.82 Å². The van der Waals surface area contributed by atoms with Gasteiger partial charge in [0.15, 0.2) is 0 Å². The predicted octanol–water partition coefficient (Wildman–Crippen LogP) is 1.30. The van der Waals surface area contributed by atoms with Crippen LogP contribution in [0.1, 0.15) is 32.1 Å². The number of rotatable bonds is 2. The molecule has 2 rings (SSSR count). The molecular formula is C12H17N3O2. The van der Waals surface area contributed by atoms with Crippen LogP contribution in [0.4, 0.5) is 5.82 Å². The van der Waals surface area contributed by atoms with Crippen LogP contribution in [0.3, 0.4) is 0 Å². The van der Waals surface area contributed by atoms with Gasteiger partial charge in [0.1, 0.15) is 5.82 Å². The summed E-state index contributed by atoms with van der Waals surface area (Å²) in [6.07, 6.45) is 6.93. The SMILES string of the molecule is Cn1ccc(NC(=O)C2CCCCC2)nc1=O. The largest absolute Gasteiger partial charge is 0.349 e. The maximum Gasteiger partial charge on any atom is 0.349 e. The van der Waals surface area contributed by atoms with Crippen molar-refractivity contribution in [2.45, 2.75) is 32.1 Å². The topological polar surface area (TPSA) is 64.0 Å². The average molecular weight is 235 g/mol. The van der Waals surface area contributed by atoms with E-state index in [2.05, 4.69) is 10.3 Å². The lowest BCUT2D eigenvalue weighted by Crippen LogP contribution is -2.27. The summed E-state index contributed by atoms with van der Waals surface area (Å²) in [7, 11) is 1.63. The molecule has 1 aromatic heterocycles. The summed E-state index contributed by atoms with van der Waals surface area (Å²) >= 11 is 0. The van der Waals surface area contributed by atoms with Crippen LogP contribution in [0.15, 0.2) is 17.1 Å². The predicted molar refractivity (Wildman–Crippen MR) is 64.7 cm³/mol. The first-order valence-corrected chi connectivity index (χ1v) is 6.01. The Morgan fingerprint density at radius 2 is 2.12 bits per heavy atom. The number of anilines is 1. The number of amides is 1. The van der Waals surface area contributed by atoms with Gasteiger partial charge in [-0.2, -0.15) is 4.98 Å². The highest BCUT2D eigenvalue weighted by molar-refractivity contribution is 5.91. The fourth-order valence-electron chi connectivity index (χ4n) is 2.13. The number of hydrogen-bond donors (Lipinski definition) is 1. The normalized spacial score (nSPS) is 16.8. The third kappa shape index (κ3) is 2.93. The second-order valence-electron chi connectivity index (χ2n) is 4.53. The fourth-order valence-corrected chi connectivity index (χ4v) is 2.13. The minimum atomic E-state index is -0.355. The van der Waals surface area contributed by atoms with Crippen LogP contribution in [0.25, 0.3) is 0 Å². The van der Waals surface area contributed by atoms with Crippen molar-refractivity contribution in [1.29, 1.82) is 0 Å². The van der Waals surface area contributed by atoms with Gasteiger partial charge in [-0.3, -0.25) is 4.79 Å². The summed E-state index contributed by atoms with van der Waals surface area (Å²) < 4.78 is 1.37. The zero-order chi connectivity index (χ0) is 12.3. The molecule has 0 unspecified atom stereocenters. The summed E-state index contributed by atoms with van der Waals surface area (Å²) in [6.45, 7) is 0. The Morgan fingerprint density at radius 1 is 1.41 bits per heavy atom. The molecule has 0 aromatic carbocycles. The molecule has 0 spiro atoms. The van der Waals surface area contributed by atoms with Gasteiger partial charge in [-0.05, 0) is 18.9 Å². The van der Waals surface area contributed by atoms with E-state index in [-0.39, 0.29) is 17.5 Å². The lowest BCUT2D eigenvalue weighted by atomic mass is 9.89. The molecular weight excluding hydrogens is 218 g/mol. The van der Waals surface area contributed by atoms with Crippen LogP contribution >= 0.6 is 0 Å². The van der Waals surface area contributed by atoms with Crippen molar-refractivity contribution < 1.29 is 4.79 Å². The minimum absolute atomic E-state index is 0.00884. The van der Waals surface area contributed by atoms with Gasteiger partial charge in [0.2, 0.25) is 5.91 Å². The maximum atomic E-state index is 11.9. The molecule has 0 aliphatic heterocycles. The Kier molecular flexibility index (Phi) is 3.56. The molecule has 1 saturated carbocycles. The number of aromatic nitrogens is 2. The van der Waals surface area contributed by atoms with Crippen molar-refractivity contribution >= 4 is 11.7 Å². The zero-order valence-electron chi connectivity index (χ0n) is 9.98. The molecule has 92 valence electrons. The van der Waals surface area contributed by atoms with Crippen molar-refractivity contribution in [3.63, 3.8) is 0 Å².